The van der Waals surface area contributed by atoms with Crippen LogP contribution >= 0.6 is 24.0 Å². The Balaban J connectivity index is 0.00000364. The van der Waals surface area contributed by atoms with Gasteiger partial charge in [0.1, 0.15) is 5.76 Å². The van der Waals surface area contributed by atoms with Crippen LogP contribution < -0.4 is 10.6 Å². The summed E-state index contributed by atoms with van der Waals surface area (Å²) in [7, 11) is 1.83. The third-order valence-electron chi connectivity index (χ3n) is 5.12. The van der Waals surface area contributed by atoms with Gasteiger partial charge in [0.2, 0.25) is 0 Å². The van der Waals surface area contributed by atoms with Gasteiger partial charge >= 0.3 is 0 Å². The number of halogens is 1. The Bertz CT molecular complexity index is 551. The van der Waals surface area contributed by atoms with E-state index >= 15 is 0 Å². The molecule has 0 bridgehead atoms. The monoisotopic (exact) mass is 491 g/mol. The second-order valence-electron chi connectivity index (χ2n) is 7.58. The molecule has 0 aliphatic carbocycles. The quantitative estimate of drug-likeness (QED) is 0.331. The highest BCUT2D eigenvalue weighted by atomic mass is 127. The van der Waals surface area contributed by atoms with Gasteiger partial charge in [-0.25, -0.2) is 0 Å². The Labute approximate surface area is 181 Å². The highest BCUT2D eigenvalue weighted by Gasteiger charge is 2.23. The van der Waals surface area contributed by atoms with E-state index in [9.17, 15) is 0 Å². The van der Waals surface area contributed by atoms with Gasteiger partial charge in [0.15, 0.2) is 5.96 Å². The molecule has 6 nitrogen and oxygen atoms in total. The molecule has 1 atom stereocenters. The minimum Gasteiger partial charge on any atom is -0.361 e. The second-order valence-corrected chi connectivity index (χ2v) is 7.58. The molecule has 2 rings (SSSR count). The fraction of sp³-hybridized carbons (Fsp3) is 0.800. The van der Waals surface area contributed by atoms with E-state index in [1.165, 1.54) is 37.9 Å². The zero-order valence-corrected chi connectivity index (χ0v) is 20.0. The number of likely N-dealkylation sites (tertiary alicyclic amines) is 1. The van der Waals surface area contributed by atoms with Crippen molar-refractivity contribution in [1.29, 1.82) is 0 Å². The summed E-state index contributed by atoms with van der Waals surface area (Å²) in [5.41, 5.74) is 2.22. The van der Waals surface area contributed by atoms with Crippen LogP contribution in [0.25, 0.3) is 0 Å². The minimum atomic E-state index is 0. The lowest BCUT2D eigenvalue weighted by atomic mass is 10.0. The second kappa shape index (κ2) is 12.6. The largest absolute Gasteiger partial charge is 0.361 e. The fourth-order valence-corrected chi connectivity index (χ4v) is 3.75. The molecular formula is C20H38IN5O. The number of hydrogen-bond donors (Lipinski definition) is 2. The van der Waals surface area contributed by atoms with Crippen LogP contribution in [0.5, 0.6) is 0 Å². The number of aromatic nitrogens is 1. The van der Waals surface area contributed by atoms with Crippen molar-refractivity contribution in [2.75, 3.05) is 26.7 Å². The Kier molecular flexibility index (Phi) is 11.3. The summed E-state index contributed by atoms with van der Waals surface area (Å²) in [5, 5.41) is 11.1. The van der Waals surface area contributed by atoms with Crippen molar-refractivity contribution in [2.45, 2.75) is 72.4 Å². The van der Waals surface area contributed by atoms with Crippen molar-refractivity contribution in [2.24, 2.45) is 10.9 Å². The molecule has 1 aliphatic heterocycles. The zero-order valence-electron chi connectivity index (χ0n) is 17.7. The summed E-state index contributed by atoms with van der Waals surface area (Å²) in [6.45, 7) is 12.9. The van der Waals surface area contributed by atoms with Crippen LogP contribution in [0.15, 0.2) is 9.52 Å². The van der Waals surface area contributed by atoms with Crippen LogP contribution in [0, 0.1) is 5.92 Å². The van der Waals surface area contributed by atoms with Crippen molar-refractivity contribution >= 4 is 29.9 Å². The Morgan fingerprint density at radius 3 is 2.67 bits per heavy atom. The molecule has 2 N–H and O–H groups in total. The molecule has 1 fully saturated rings. The molecule has 0 spiro atoms. The molecule has 1 aliphatic rings. The van der Waals surface area contributed by atoms with E-state index in [4.69, 9.17) is 4.52 Å². The predicted octanol–water partition coefficient (Wildman–Crippen LogP) is 3.59. The van der Waals surface area contributed by atoms with Gasteiger partial charge in [-0.15, -0.1) is 24.0 Å². The minimum absolute atomic E-state index is 0. The summed E-state index contributed by atoms with van der Waals surface area (Å²) in [6, 6.07) is 0.595. The van der Waals surface area contributed by atoms with Gasteiger partial charge < -0.3 is 15.2 Å². The van der Waals surface area contributed by atoms with Gasteiger partial charge in [-0.3, -0.25) is 9.89 Å². The molecule has 0 radical (unpaired) electrons. The third-order valence-corrected chi connectivity index (χ3v) is 5.12. The average molecular weight is 491 g/mol. The smallest absolute Gasteiger partial charge is 0.191 e. The number of piperidine rings is 1. The molecule has 2 heterocycles. The standard InChI is InChI=1S/C20H37N5O.HI/c1-6-18-17(19(7-2)26-24-18)13-23-20(21-5)22-12-16-10-8-9-11-25(16)14-15(3)4;/h15-16H,6-14H2,1-5H3,(H2,21,22,23);1H. The van der Waals surface area contributed by atoms with Gasteiger partial charge in [0.05, 0.1) is 5.69 Å². The molecule has 1 saturated heterocycles. The molecular weight excluding hydrogens is 453 g/mol. The van der Waals surface area contributed by atoms with Crippen LogP contribution in [0.4, 0.5) is 0 Å². The maximum Gasteiger partial charge on any atom is 0.191 e. The van der Waals surface area contributed by atoms with Gasteiger partial charge in [-0.1, -0.05) is 39.3 Å². The highest BCUT2D eigenvalue weighted by Crippen LogP contribution is 2.18. The SMILES string of the molecule is CCc1noc(CC)c1CNC(=NC)NCC1CCCCN1CC(C)C.I. The Morgan fingerprint density at radius 2 is 2.04 bits per heavy atom. The molecule has 7 heteroatoms. The summed E-state index contributed by atoms with van der Waals surface area (Å²) in [4.78, 5) is 7.03. The number of guanidine groups is 1. The lowest BCUT2D eigenvalue weighted by molar-refractivity contribution is 0.133. The first kappa shape index (κ1) is 24.2. The summed E-state index contributed by atoms with van der Waals surface area (Å²) in [5.74, 6) is 2.53. The number of rotatable bonds is 8. The summed E-state index contributed by atoms with van der Waals surface area (Å²) in [6.07, 6.45) is 5.67. The highest BCUT2D eigenvalue weighted by molar-refractivity contribution is 14.0. The summed E-state index contributed by atoms with van der Waals surface area (Å²) >= 11 is 0. The molecule has 27 heavy (non-hydrogen) atoms. The Hall–Kier alpha value is -0.830. The number of nitrogens with zero attached hydrogens (tertiary/aromatic N) is 3. The van der Waals surface area contributed by atoms with Crippen LogP contribution in [-0.4, -0.2) is 48.7 Å². The third kappa shape index (κ3) is 7.25. The number of aliphatic imine (C=N–C) groups is 1. The average Bonchev–Trinajstić information content (AvgIpc) is 3.04. The van der Waals surface area contributed by atoms with E-state index in [0.717, 1.165) is 36.8 Å². The van der Waals surface area contributed by atoms with Gasteiger partial charge in [0, 0.05) is 44.7 Å². The molecule has 1 unspecified atom stereocenters. The van der Waals surface area contributed by atoms with Crippen LogP contribution in [-0.2, 0) is 19.4 Å². The molecule has 156 valence electrons. The molecule has 0 aromatic carbocycles. The van der Waals surface area contributed by atoms with Crippen molar-refractivity contribution < 1.29 is 4.52 Å². The van der Waals surface area contributed by atoms with Crippen molar-refractivity contribution in [1.82, 2.24) is 20.7 Å². The topological polar surface area (TPSA) is 65.7 Å². The van der Waals surface area contributed by atoms with E-state index in [0.29, 0.717) is 18.5 Å². The number of hydrogen-bond acceptors (Lipinski definition) is 4. The number of aryl methyl sites for hydroxylation is 2. The fourth-order valence-electron chi connectivity index (χ4n) is 3.75. The molecule has 0 saturated carbocycles. The molecule has 1 aromatic rings. The lowest BCUT2D eigenvalue weighted by Crippen LogP contribution is -2.49. The Morgan fingerprint density at radius 1 is 1.26 bits per heavy atom. The van der Waals surface area contributed by atoms with Crippen LogP contribution in [0.1, 0.15) is 64.0 Å². The van der Waals surface area contributed by atoms with E-state index in [-0.39, 0.29) is 24.0 Å². The first-order valence-electron chi connectivity index (χ1n) is 10.2. The van der Waals surface area contributed by atoms with Gasteiger partial charge in [-0.05, 0) is 31.7 Å². The van der Waals surface area contributed by atoms with Crippen LogP contribution in [0.3, 0.4) is 0 Å². The summed E-state index contributed by atoms with van der Waals surface area (Å²) < 4.78 is 5.45. The van der Waals surface area contributed by atoms with Crippen molar-refractivity contribution in [3.05, 3.63) is 17.0 Å². The first-order chi connectivity index (χ1) is 12.6. The lowest BCUT2D eigenvalue weighted by Gasteiger charge is -2.37. The van der Waals surface area contributed by atoms with Gasteiger partial charge in [0.25, 0.3) is 0 Å². The number of nitrogens with one attached hydrogen (secondary N) is 2. The maximum atomic E-state index is 5.45. The van der Waals surface area contributed by atoms with Crippen molar-refractivity contribution in [3.63, 3.8) is 0 Å². The van der Waals surface area contributed by atoms with Crippen LogP contribution in [0.2, 0.25) is 0 Å². The normalized spacial score (nSPS) is 18.4. The molecule has 0 amide bonds. The predicted molar refractivity (Wildman–Crippen MR) is 123 cm³/mol. The van der Waals surface area contributed by atoms with E-state index in [1.807, 2.05) is 7.05 Å². The van der Waals surface area contributed by atoms with E-state index in [1.54, 1.807) is 0 Å². The maximum absolute atomic E-state index is 5.45. The van der Waals surface area contributed by atoms with E-state index in [2.05, 4.69) is 53.4 Å². The van der Waals surface area contributed by atoms with E-state index < -0.39 is 0 Å². The zero-order chi connectivity index (χ0) is 18.9. The first-order valence-corrected chi connectivity index (χ1v) is 10.2. The van der Waals surface area contributed by atoms with Gasteiger partial charge in [-0.2, -0.15) is 0 Å². The molecule has 1 aromatic heterocycles. The van der Waals surface area contributed by atoms with Crippen molar-refractivity contribution in [3.8, 4) is 0 Å².